The van der Waals surface area contributed by atoms with E-state index in [1.807, 2.05) is 30.3 Å². The summed E-state index contributed by atoms with van der Waals surface area (Å²) >= 11 is 1.71. The van der Waals surface area contributed by atoms with Crippen LogP contribution in [-0.4, -0.2) is 18.1 Å². The first-order valence-electron chi connectivity index (χ1n) is 7.52. The molecule has 0 spiro atoms. The van der Waals surface area contributed by atoms with Crippen molar-refractivity contribution in [3.63, 3.8) is 0 Å². The fourth-order valence-electron chi connectivity index (χ4n) is 3.16. The molecule has 4 rings (SSSR count). The molecule has 3 nitrogen and oxygen atoms in total. The van der Waals surface area contributed by atoms with Crippen LogP contribution in [-0.2, 0) is 11.2 Å². The summed E-state index contributed by atoms with van der Waals surface area (Å²) in [4.78, 5) is 18.4. The fraction of sp³-hybridized carbons (Fsp3) is 0.158. The number of para-hydroxylation sites is 1. The van der Waals surface area contributed by atoms with Crippen LogP contribution in [0.5, 0.6) is 0 Å². The van der Waals surface area contributed by atoms with Crippen LogP contribution >= 0.6 is 11.3 Å². The number of hydrogen-bond donors (Lipinski definition) is 0. The van der Waals surface area contributed by atoms with Crippen LogP contribution in [0.25, 0.3) is 22.6 Å². The first-order valence-corrected chi connectivity index (χ1v) is 8.40. The Hall–Kier alpha value is -2.46. The molecule has 1 aromatic carbocycles. The number of pyridine rings is 1. The molecule has 0 fully saturated rings. The normalized spacial score (nSPS) is 15.1. The van der Waals surface area contributed by atoms with Crippen molar-refractivity contribution in [2.45, 2.75) is 12.8 Å². The number of esters is 1. The van der Waals surface area contributed by atoms with Gasteiger partial charge in [0.05, 0.1) is 23.9 Å². The van der Waals surface area contributed by atoms with Crippen LogP contribution in [0.3, 0.4) is 0 Å². The third kappa shape index (κ3) is 2.35. The molecule has 1 aliphatic rings. The molecule has 0 amide bonds. The van der Waals surface area contributed by atoms with Gasteiger partial charge in [-0.1, -0.05) is 24.3 Å². The molecule has 1 aliphatic carbocycles. The Balaban J connectivity index is 1.97. The Kier molecular flexibility index (Phi) is 3.46. The van der Waals surface area contributed by atoms with Crippen LogP contribution in [0.15, 0.2) is 41.8 Å². The molecule has 0 atom stereocenters. The van der Waals surface area contributed by atoms with Gasteiger partial charge in [0.1, 0.15) is 0 Å². The summed E-state index contributed by atoms with van der Waals surface area (Å²) in [5.74, 6) is -0.280. The first-order chi connectivity index (χ1) is 11.3. The maximum atomic E-state index is 12.3. The lowest BCUT2D eigenvalue weighted by molar-refractivity contribution is 0.0602. The minimum Gasteiger partial charge on any atom is -0.465 e. The van der Waals surface area contributed by atoms with Crippen molar-refractivity contribution in [3.05, 3.63) is 63.5 Å². The van der Waals surface area contributed by atoms with Crippen LogP contribution in [0.1, 0.15) is 32.9 Å². The van der Waals surface area contributed by atoms with Gasteiger partial charge in [-0.3, -0.25) is 0 Å². The van der Waals surface area contributed by atoms with E-state index in [-0.39, 0.29) is 5.97 Å². The number of hydrogen-bond acceptors (Lipinski definition) is 4. The molecule has 0 aliphatic heterocycles. The van der Waals surface area contributed by atoms with Gasteiger partial charge in [-0.05, 0) is 47.6 Å². The van der Waals surface area contributed by atoms with Crippen LogP contribution in [0.2, 0.25) is 0 Å². The van der Waals surface area contributed by atoms with Crippen LogP contribution in [0, 0.1) is 0 Å². The second kappa shape index (κ2) is 5.63. The van der Waals surface area contributed by atoms with Gasteiger partial charge in [0.2, 0.25) is 0 Å². The van der Waals surface area contributed by atoms with Gasteiger partial charge >= 0.3 is 5.97 Å². The smallest absolute Gasteiger partial charge is 0.338 e. The SMILES string of the molecule is COC(=O)c1c2c(nc3ccccc13)/C(=C/c1cccs1)CC2. The van der Waals surface area contributed by atoms with Gasteiger partial charge < -0.3 is 4.74 Å². The Bertz CT molecular complexity index is 926. The summed E-state index contributed by atoms with van der Waals surface area (Å²) in [6.45, 7) is 0. The van der Waals surface area contributed by atoms with Crippen molar-refractivity contribution in [1.29, 1.82) is 0 Å². The minimum atomic E-state index is -0.280. The van der Waals surface area contributed by atoms with Crippen LogP contribution < -0.4 is 0 Å². The van der Waals surface area contributed by atoms with Gasteiger partial charge in [0, 0.05) is 10.3 Å². The zero-order valence-corrected chi connectivity index (χ0v) is 13.5. The van der Waals surface area contributed by atoms with E-state index in [4.69, 9.17) is 9.72 Å². The molecule has 3 aromatic rings. The molecule has 4 heteroatoms. The highest BCUT2D eigenvalue weighted by molar-refractivity contribution is 7.10. The number of benzene rings is 1. The summed E-state index contributed by atoms with van der Waals surface area (Å²) in [5.41, 5.74) is 4.66. The number of carbonyl (C=O) groups excluding carboxylic acids is 1. The predicted molar refractivity (Wildman–Crippen MR) is 93.6 cm³/mol. The summed E-state index contributed by atoms with van der Waals surface area (Å²) in [6, 6.07) is 11.9. The number of nitrogens with zero attached hydrogens (tertiary/aromatic N) is 1. The lowest BCUT2D eigenvalue weighted by Crippen LogP contribution is -2.08. The van der Waals surface area contributed by atoms with E-state index < -0.39 is 0 Å². The summed E-state index contributed by atoms with van der Waals surface area (Å²) in [6.07, 6.45) is 3.91. The average Bonchev–Trinajstić information content (AvgIpc) is 3.23. The predicted octanol–water partition coefficient (Wildman–Crippen LogP) is 4.57. The van der Waals surface area contributed by atoms with Gasteiger partial charge in [-0.25, -0.2) is 9.78 Å². The number of carbonyl (C=O) groups is 1. The summed E-state index contributed by atoms with van der Waals surface area (Å²) in [5, 5.41) is 2.94. The van der Waals surface area contributed by atoms with Crippen molar-refractivity contribution in [3.8, 4) is 0 Å². The molecule has 2 aromatic heterocycles. The molecule has 0 saturated carbocycles. The number of aromatic nitrogens is 1. The Morgan fingerprint density at radius 2 is 2.09 bits per heavy atom. The third-order valence-corrected chi connectivity index (χ3v) is 5.01. The Morgan fingerprint density at radius 3 is 2.87 bits per heavy atom. The van der Waals surface area contributed by atoms with E-state index in [1.165, 1.54) is 17.6 Å². The van der Waals surface area contributed by atoms with Crippen molar-refractivity contribution in [2.75, 3.05) is 7.11 Å². The largest absolute Gasteiger partial charge is 0.465 e. The number of allylic oxidation sites excluding steroid dienone is 1. The molecule has 0 bridgehead atoms. The molecular weight excluding hydrogens is 306 g/mol. The zero-order valence-electron chi connectivity index (χ0n) is 12.7. The molecule has 2 heterocycles. The molecule has 0 N–H and O–H groups in total. The quantitative estimate of drug-likeness (QED) is 0.649. The van der Waals surface area contributed by atoms with Crippen molar-refractivity contribution >= 4 is 39.9 Å². The van der Waals surface area contributed by atoms with Crippen LogP contribution in [0.4, 0.5) is 0 Å². The number of rotatable bonds is 2. The highest BCUT2D eigenvalue weighted by atomic mass is 32.1. The molecular formula is C19H15NO2S. The van der Waals surface area contributed by atoms with Gasteiger partial charge in [0.15, 0.2) is 0 Å². The molecule has 0 unspecified atom stereocenters. The van der Waals surface area contributed by atoms with E-state index in [1.54, 1.807) is 11.3 Å². The summed E-state index contributed by atoms with van der Waals surface area (Å²) in [7, 11) is 1.43. The van der Waals surface area contributed by atoms with Gasteiger partial charge in [-0.2, -0.15) is 0 Å². The highest BCUT2D eigenvalue weighted by Crippen LogP contribution is 2.38. The topological polar surface area (TPSA) is 39.2 Å². The minimum absolute atomic E-state index is 0.280. The lowest BCUT2D eigenvalue weighted by atomic mass is 10.0. The van der Waals surface area contributed by atoms with Crippen molar-refractivity contribution < 1.29 is 9.53 Å². The lowest BCUT2D eigenvalue weighted by Gasteiger charge is -2.10. The second-order valence-corrected chi connectivity index (χ2v) is 6.49. The number of methoxy groups -OCH3 is 1. The average molecular weight is 321 g/mol. The van der Waals surface area contributed by atoms with E-state index in [0.717, 1.165) is 35.0 Å². The zero-order chi connectivity index (χ0) is 15.8. The third-order valence-electron chi connectivity index (χ3n) is 4.19. The highest BCUT2D eigenvalue weighted by Gasteiger charge is 2.27. The standard InChI is InChI=1S/C19H15NO2S/c1-22-19(21)17-14-6-2-3-7-16(14)20-18-12(8-9-15(17)18)11-13-5-4-10-23-13/h2-7,10-11H,8-9H2,1H3/b12-11+. The van der Waals surface area contributed by atoms with E-state index >= 15 is 0 Å². The van der Waals surface area contributed by atoms with Crippen molar-refractivity contribution in [1.82, 2.24) is 4.98 Å². The summed E-state index contributed by atoms with van der Waals surface area (Å²) < 4.78 is 5.03. The van der Waals surface area contributed by atoms with Gasteiger partial charge in [0.25, 0.3) is 0 Å². The monoisotopic (exact) mass is 321 g/mol. The molecule has 23 heavy (non-hydrogen) atoms. The van der Waals surface area contributed by atoms with E-state index in [2.05, 4.69) is 17.5 Å². The maximum Gasteiger partial charge on any atom is 0.338 e. The Morgan fingerprint density at radius 1 is 1.22 bits per heavy atom. The second-order valence-electron chi connectivity index (χ2n) is 5.51. The Labute approximate surface area is 138 Å². The maximum absolute atomic E-state index is 12.3. The molecule has 0 radical (unpaired) electrons. The fourth-order valence-corrected chi connectivity index (χ4v) is 3.84. The molecule has 114 valence electrons. The number of fused-ring (bicyclic) bond motifs is 2. The van der Waals surface area contributed by atoms with E-state index in [0.29, 0.717) is 5.56 Å². The van der Waals surface area contributed by atoms with E-state index in [9.17, 15) is 4.79 Å². The van der Waals surface area contributed by atoms with Gasteiger partial charge in [-0.15, -0.1) is 11.3 Å². The number of thiophene rings is 1. The molecule has 0 saturated heterocycles. The number of ether oxygens (including phenoxy) is 1. The first kappa shape index (κ1) is 14.2. The van der Waals surface area contributed by atoms with Crippen molar-refractivity contribution in [2.24, 2.45) is 0 Å².